The van der Waals surface area contributed by atoms with Crippen LogP contribution in [0.15, 0.2) is 24.3 Å². The van der Waals surface area contributed by atoms with Crippen LogP contribution in [0, 0.1) is 0 Å². The van der Waals surface area contributed by atoms with Crippen molar-refractivity contribution in [1.29, 1.82) is 0 Å². The Balaban J connectivity index is 3.13. The van der Waals surface area contributed by atoms with E-state index in [0.29, 0.717) is 0 Å². The van der Waals surface area contributed by atoms with Gasteiger partial charge < -0.3 is 15.2 Å². The molecule has 128 valence electrons. The predicted molar refractivity (Wildman–Crippen MR) is 75.8 cm³/mol. The van der Waals surface area contributed by atoms with Crippen molar-refractivity contribution in [3.8, 4) is 0 Å². The number of carbonyl (C=O) groups is 2. The highest BCUT2D eigenvalue weighted by Gasteiger charge is 2.36. The summed E-state index contributed by atoms with van der Waals surface area (Å²) in [5.41, 5.74) is -2.18. The molecule has 0 aliphatic carbocycles. The number of halogens is 3. The normalized spacial score (nSPS) is 13.3. The fraction of sp³-hybridized carbons (Fsp3) is 0.467. The Morgan fingerprint density at radius 3 is 2.26 bits per heavy atom. The molecule has 1 aromatic rings. The minimum atomic E-state index is -4.66. The van der Waals surface area contributed by atoms with Gasteiger partial charge in [-0.25, -0.2) is 4.79 Å². The number of benzene rings is 1. The number of alkyl carbamates (subject to hydrolysis) is 1. The summed E-state index contributed by atoms with van der Waals surface area (Å²) in [6.07, 6.45) is -6.35. The first-order valence-electron chi connectivity index (χ1n) is 6.77. The number of aliphatic carboxylic acids is 1. The van der Waals surface area contributed by atoms with Crippen LogP contribution in [0.4, 0.5) is 18.0 Å². The number of carboxylic acids is 1. The summed E-state index contributed by atoms with van der Waals surface area (Å²) >= 11 is 0. The molecule has 0 aromatic heterocycles. The Hall–Kier alpha value is -2.25. The Morgan fingerprint density at radius 1 is 1.22 bits per heavy atom. The largest absolute Gasteiger partial charge is 0.481 e. The summed E-state index contributed by atoms with van der Waals surface area (Å²) < 4.78 is 44.2. The number of nitrogens with one attached hydrogen (secondary N) is 1. The molecule has 0 unspecified atom stereocenters. The van der Waals surface area contributed by atoms with E-state index < -0.39 is 41.9 Å². The van der Waals surface area contributed by atoms with Gasteiger partial charge in [0.15, 0.2) is 0 Å². The highest BCUT2D eigenvalue weighted by atomic mass is 19.4. The van der Waals surface area contributed by atoms with Gasteiger partial charge in [0, 0.05) is 0 Å². The molecule has 0 radical (unpaired) electrons. The van der Waals surface area contributed by atoms with E-state index >= 15 is 0 Å². The predicted octanol–water partition coefficient (Wildman–Crippen LogP) is 3.75. The van der Waals surface area contributed by atoms with Gasteiger partial charge in [-0.15, -0.1) is 0 Å². The third-order valence-corrected chi connectivity index (χ3v) is 2.71. The molecular weight excluding hydrogens is 315 g/mol. The van der Waals surface area contributed by atoms with Gasteiger partial charge in [0.1, 0.15) is 5.60 Å². The molecule has 0 bridgehead atoms. The maximum Gasteiger partial charge on any atom is 0.416 e. The molecule has 1 rings (SSSR count). The first kappa shape index (κ1) is 18.8. The standard InChI is InChI=1S/C15H18F3NO4/c1-14(2,3)23-13(22)19-11(8-12(20)21)9-6-4-5-7-10(9)15(16,17)18/h4-7,11H,8H2,1-3H3,(H,19,22)(H,20,21)/t11-/m0/s1. The molecule has 2 N–H and O–H groups in total. The second-order valence-corrected chi connectivity index (χ2v) is 5.88. The maximum absolute atomic E-state index is 13.1. The summed E-state index contributed by atoms with van der Waals surface area (Å²) in [4.78, 5) is 22.7. The molecule has 0 spiro atoms. The minimum absolute atomic E-state index is 0.326. The number of hydrogen-bond acceptors (Lipinski definition) is 3. The van der Waals surface area contributed by atoms with Gasteiger partial charge in [-0.2, -0.15) is 13.2 Å². The highest BCUT2D eigenvalue weighted by Crippen LogP contribution is 2.35. The van der Waals surface area contributed by atoms with Crippen LogP contribution in [-0.4, -0.2) is 22.8 Å². The van der Waals surface area contributed by atoms with Crippen LogP contribution in [0.1, 0.15) is 44.4 Å². The summed E-state index contributed by atoms with van der Waals surface area (Å²) in [6, 6.07) is 3.14. The van der Waals surface area contributed by atoms with Gasteiger partial charge in [-0.3, -0.25) is 4.79 Å². The van der Waals surface area contributed by atoms with Gasteiger partial charge >= 0.3 is 18.2 Å². The molecular formula is C15H18F3NO4. The Morgan fingerprint density at radius 2 is 1.78 bits per heavy atom. The van der Waals surface area contributed by atoms with Gasteiger partial charge in [0.05, 0.1) is 18.0 Å². The number of carboxylic acid groups (broad SMARTS) is 1. The molecule has 1 atom stereocenters. The highest BCUT2D eigenvalue weighted by molar-refractivity contribution is 5.72. The molecule has 5 nitrogen and oxygen atoms in total. The van der Waals surface area contributed by atoms with E-state index in [1.807, 2.05) is 0 Å². The molecule has 1 amide bonds. The van der Waals surface area contributed by atoms with Crippen LogP contribution in [-0.2, 0) is 15.7 Å². The molecule has 0 aliphatic heterocycles. The third-order valence-electron chi connectivity index (χ3n) is 2.71. The first-order valence-corrected chi connectivity index (χ1v) is 6.77. The minimum Gasteiger partial charge on any atom is -0.481 e. The lowest BCUT2D eigenvalue weighted by atomic mass is 9.97. The summed E-state index contributed by atoms with van der Waals surface area (Å²) in [5, 5.41) is 11.1. The van der Waals surface area contributed by atoms with Crippen molar-refractivity contribution < 1.29 is 32.6 Å². The smallest absolute Gasteiger partial charge is 0.416 e. The average Bonchev–Trinajstić information content (AvgIpc) is 2.34. The fourth-order valence-corrected chi connectivity index (χ4v) is 1.92. The SMILES string of the molecule is CC(C)(C)OC(=O)N[C@@H](CC(=O)O)c1ccccc1C(F)(F)F. The summed E-state index contributed by atoms with van der Waals surface area (Å²) in [6.45, 7) is 4.76. The van der Waals surface area contributed by atoms with Gasteiger partial charge in [0.25, 0.3) is 0 Å². The number of rotatable bonds is 4. The van der Waals surface area contributed by atoms with Crippen molar-refractivity contribution >= 4 is 12.1 Å². The Kier molecular flexibility index (Phi) is 5.63. The lowest BCUT2D eigenvalue weighted by molar-refractivity contribution is -0.140. The van der Waals surface area contributed by atoms with Crippen LogP contribution in [0.25, 0.3) is 0 Å². The van der Waals surface area contributed by atoms with Crippen molar-refractivity contribution in [3.05, 3.63) is 35.4 Å². The van der Waals surface area contributed by atoms with E-state index in [1.165, 1.54) is 12.1 Å². The van der Waals surface area contributed by atoms with Crippen molar-refractivity contribution in [1.82, 2.24) is 5.32 Å². The van der Waals surface area contributed by atoms with Gasteiger partial charge in [-0.1, -0.05) is 18.2 Å². The Labute approximate surface area is 131 Å². The van der Waals surface area contributed by atoms with E-state index in [1.54, 1.807) is 20.8 Å². The molecule has 0 aliphatic rings. The molecule has 0 heterocycles. The summed E-state index contributed by atoms with van der Waals surface area (Å²) in [7, 11) is 0. The lowest BCUT2D eigenvalue weighted by Gasteiger charge is -2.25. The number of alkyl halides is 3. The second-order valence-electron chi connectivity index (χ2n) is 5.88. The first-order chi connectivity index (χ1) is 10.4. The topological polar surface area (TPSA) is 75.6 Å². The van der Waals surface area contributed by atoms with Crippen LogP contribution in [0.2, 0.25) is 0 Å². The van der Waals surface area contributed by atoms with Gasteiger partial charge in [0.2, 0.25) is 0 Å². The summed E-state index contributed by atoms with van der Waals surface area (Å²) in [5.74, 6) is -1.34. The van der Waals surface area contributed by atoms with E-state index in [-0.39, 0.29) is 5.56 Å². The van der Waals surface area contributed by atoms with E-state index in [2.05, 4.69) is 5.32 Å². The maximum atomic E-state index is 13.1. The zero-order valence-corrected chi connectivity index (χ0v) is 12.9. The van der Waals surface area contributed by atoms with Crippen molar-refractivity contribution in [2.45, 2.75) is 45.0 Å². The monoisotopic (exact) mass is 333 g/mol. The molecule has 23 heavy (non-hydrogen) atoms. The van der Waals surface area contributed by atoms with Crippen LogP contribution < -0.4 is 5.32 Å². The fourth-order valence-electron chi connectivity index (χ4n) is 1.92. The molecule has 8 heteroatoms. The average molecular weight is 333 g/mol. The van der Waals surface area contributed by atoms with Crippen molar-refractivity contribution in [3.63, 3.8) is 0 Å². The van der Waals surface area contributed by atoms with Crippen LogP contribution in [0.3, 0.4) is 0 Å². The van der Waals surface area contributed by atoms with E-state index in [4.69, 9.17) is 9.84 Å². The molecule has 0 saturated carbocycles. The molecule has 1 aromatic carbocycles. The molecule has 0 fully saturated rings. The second kappa shape index (κ2) is 6.89. The van der Waals surface area contributed by atoms with Crippen LogP contribution >= 0.6 is 0 Å². The van der Waals surface area contributed by atoms with Gasteiger partial charge in [-0.05, 0) is 32.4 Å². The van der Waals surface area contributed by atoms with Crippen LogP contribution in [0.5, 0.6) is 0 Å². The quantitative estimate of drug-likeness (QED) is 0.880. The third kappa shape index (κ3) is 6.17. The number of amides is 1. The zero-order chi connectivity index (χ0) is 17.8. The lowest BCUT2D eigenvalue weighted by Crippen LogP contribution is -2.36. The number of ether oxygens (including phenoxy) is 1. The number of hydrogen-bond donors (Lipinski definition) is 2. The number of carbonyl (C=O) groups excluding carboxylic acids is 1. The molecule has 0 saturated heterocycles. The zero-order valence-electron chi connectivity index (χ0n) is 12.9. The van der Waals surface area contributed by atoms with E-state index in [0.717, 1.165) is 12.1 Å². The Bertz CT molecular complexity index is 579. The van der Waals surface area contributed by atoms with Crippen molar-refractivity contribution in [2.75, 3.05) is 0 Å². The van der Waals surface area contributed by atoms with Crippen molar-refractivity contribution in [2.24, 2.45) is 0 Å². The van der Waals surface area contributed by atoms with E-state index in [9.17, 15) is 22.8 Å².